The second-order valence-corrected chi connectivity index (χ2v) is 8.88. The molecule has 31 heavy (non-hydrogen) atoms. The van der Waals surface area contributed by atoms with E-state index in [2.05, 4.69) is 51.8 Å². The average molecular weight is 423 g/mol. The molecule has 0 amide bonds. The van der Waals surface area contributed by atoms with Gasteiger partial charge in [-0.3, -0.25) is 0 Å². The van der Waals surface area contributed by atoms with Crippen molar-refractivity contribution in [3.8, 4) is 6.07 Å². The van der Waals surface area contributed by atoms with E-state index in [1.807, 2.05) is 12.4 Å². The number of aldehydes is 1. The molecule has 0 bridgehead atoms. The van der Waals surface area contributed by atoms with E-state index in [9.17, 15) is 4.79 Å². The van der Waals surface area contributed by atoms with Crippen LogP contribution in [0, 0.1) is 23.2 Å². The van der Waals surface area contributed by atoms with E-state index < -0.39 is 0 Å². The van der Waals surface area contributed by atoms with E-state index in [1.165, 1.54) is 25.7 Å². The number of carbonyl (C=O) groups excluding carboxylic acids is 1. The maximum Gasteiger partial charge on any atom is 0.156 e. The molecule has 7 heteroatoms. The second kappa shape index (κ2) is 11.1. The van der Waals surface area contributed by atoms with Crippen molar-refractivity contribution in [3.63, 3.8) is 0 Å². The normalized spacial score (nSPS) is 18.7. The molecule has 0 aromatic carbocycles. The number of piperidine rings is 1. The second-order valence-electron chi connectivity index (χ2n) is 8.88. The Morgan fingerprint density at radius 1 is 1.32 bits per heavy atom. The molecule has 2 N–H and O–H groups in total. The number of carbonyl (C=O) groups is 1. The van der Waals surface area contributed by atoms with Crippen LogP contribution in [0.2, 0.25) is 0 Å². The van der Waals surface area contributed by atoms with E-state index in [4.69, 9.17) is 5.26 Å². The van der Waals surface area contributed by atoms with E-state index in [0.717, 1.165) is 60.6 Å². The van der Waals surface area contributed by atoms with Crippen LogP contribution in [0.4, 0.5) is 0 Å². The maximum absolute atomic E-state index is 10.4. The number of nitrogens with one attached hydrogen (secondary N) is 2. The van der Waals surface area contributed by atoms with Gasteiger partial charge in [0.1, 0.15) is 11.8 Å². The first-order valence-corrected chi connectivity index (χ1v) is 11.3. The molecule has 1 aliphatic heterocycles. The lowest BCUT2D eigenvalue weighted by molar-refractivity contribution is -0.107. The van der Waals surface area contributed by atoms with E-state index in [0.29, 0.717) is 17.5 Å². The van der Waals surface area contributed by atoms with Gasteiger partial charge in [-0.25, -0.2) is 9.97 Å². The summed E-state index contributed by atoms with van der Waals surface area (Å²) in [5.41, 5.74) is 4.19. The minimum absolute atomic E-state index is 0.251. The molecule has 3 fully saturated rings. The molecule has 166 valence electrons. The Balaban J connectivity index is 0.000000173. The summed E-state index contributed by atoms with van der Waals surface area (Å²) in [4.78, 5) is 24.7. The van der Waals surface area contributed by atoms with Gasteiger partial charge in [0.15, 0.2) is 5.65 Å². The first-order chi connectivity index (χ1) is 15.0. The third kappa shape index (κ3) is 7.18. The average Bonchev–Trinajstić information content (AvgIpc) is 3.73. The van der Waals surface area contributed by atoms with Crippen LogP contribution < -0.4 is 5.32 Å². The van der Waals surface area contributed by atoms with Crippen molar-refractivity contribution < 1.29 is 4.79 Å². The number of hydrogen-bond donors (Lipinski definition) is 2. The molecular formula is C24H34N6O. The summed E-state index contributed by atoms with van der Waals surface area (Å²) in [6.45, 7) is 8.64. The molecule has 2 aliphatic carbocycles. The summed E-state index contributed by atoms with van der Waals surface area (Å²) < 4.78 is 0. The fourth-order valence-electron chi connectivity index (χ4n) is 3.28. The Bertz CT molecular complexity index is 914. The Labute approximate surface area is 184 Å². The van der Waals surface area contributed by atoms with Crippen LogP contribution in [0.5, 0.6) is 0 Å². The van der Waals surface area contributed by atoms with Gasteiger partial charge in [0.05, 0.1) is 24.5 Å². The Morgan fingerprint density at radius 3 is 2.55 bits per heavy atom. The monoisotopic (exact) mass is 422 g/mol. The summed E-state index contributed by atoms with van der Waals surface area (Å²) in [5.74, 6) is 1.99. The lowest BCUT2D eigenvalue weighted by Gasteiger charge is -2.24. The van der Waals surface area contributed by atoms with Crippen LogP contribution >= 0.6 is 0 Å². The molecular weight excluding hydrogens is 388 g/mol. The van der Waals surface area contributed by atoms with Gasteiger partial charge in [0, 0.05) is 29.3 Å². The molecule has 1 saturated heterocycles. The fraction of sp³-hybridized carbons (Fsp3) is 0.583. The number of fused-ring (bicyclic) bond motifs is 1. The third-order valence-corrected chi connectivity index (χ3v) is 5.89. The molecule has 2 aromatic rings. The van der Waals surface area contributed by atoms with Crippen molar-refractivity contribution in [1.82, 2.24) is 25.2 Å². The molecule has 2 saturated carbocycles. The zero-order valence-corrected chi connectivity index (χ0v) is 18.7. The third-order valence-electron chi connectivity index (χ3n) is 5.89. The van der Waals surface area contributed by atoms with E-state index >= 15 is 0 Å². The highest BCUT2D eigenvalue weighted by Crippen LogP contribution is 2.39. The smallest absolute Gasteiger partial charge is 0.156 e. The van der Waals surface area contributed by atoms with Crippen molar-refractivity contribution in [3.05, 3.63) is 30.2 Å². The summed E-state index contributed by atoms with van der Waals surface area (Å²) in [5, 5.41) is 11.4. The van der Waals surface area contributed by atoms with Gasteiger partial charge in [0.25, 0.3) is 0 Å². The molecule has 5 rings (SSSR count). The SMILES string of the molecule is C=C(NCC=O)c1c[nH]c2ncc(C3CC3)nc12.CC1CC1.CN1CCC(C#N)CC1. The number of hydrogen-bond acceptors (Lipinski definition) is 6. The van der Waals surface area contributed by atoms with Crippen molar-refractivity contribution in [2.45, 2.75) is 51.4 Å². The highest BCUT2D eigenvalue weighted by Gasteiger charge is 2.26. The molecule has 0 spiro atoms. The molecule has 0 atom stereocenters. The predicted molar refractivity (Wildman–Crippen MR) is 123 cm³/mol. The lowest BCUT2D eigenvalue weighted by Crippen LogP contribution is -2.29. The molecule has 2 aromatic heterocycles. The molecule has 7 nitrogen and oxygen atoms in total. The summed E-state index contributed by atoms with van der Waals surface area (Å²) in [7, 11) is 2.10. The van der Waals surface area contributed by atoms with Gasteiger partial charge in [-0.05, 0) is 51.7 Å². The van der Waals surface area contributed by atoms with Crippen LogP contribution in [0.25, 0.3) is 16.9 Å². The Morgan fingerprint density at radius 2 is 2.00 bits per heavy atom. The molecule has 0 unspecified atom stereocenters. The topological polar surface area (TPSA) is 97.7 Å². The van der Waals surface area contributed by atoms with Gasteiger partial charge in [-0.1, -0.05) is 26.3 Å². The fourth-order valence-corrected chi connectivity index (χ4v) is 3.28. The van der Waals surface area contributed by atoms with Crippen LogP contribution in [-0.4, -0.2) is 52.8 Å². The molecule has 3 aliphatic rings. The van der Waals surface area contributed by atoms with Gasteiger partial charge >= 0.3 is 0 Å². The number of nitriles is 1. The van der Waals surface area contributed by atoms with Crippen molar-refractivity contribution in [1.29, 1.82) is 5.26 Å². The number of rotatable bonds is 5. The summed E-state index contributed by atoms with van der Waals surface area (Å²) >= 11 is 0. The largest absolute Gasteiger partial charge is 0.378 e. The van der Waals surface area contributed by atoms with Gasteiger partial charge in [-0.2, -0.15) is 5.26 Å². The van der Waals surface area contributed by atoms with Crippen molar-refractivity contribution in [2.24, 2.45) is 11.8 Å². The lowest BCUT2D eigenvalue weighted by atomic mass is 9.99. The Kier molecular flexibility index (Phi) is 8.19. The molecule has 0 radical (unpaired) electrons. The van der Waals surface area contributed by atoms with Gasteiger partial charge < -0.3 is 20.0 Å². The number of aromatic amines is 1. The minimum Gasteiger partial charge on any atom is -0.378 e. The van der Waals surface area contributed by atoms with Gasteiger partial charge in [0.2, 0.25) is 0 Å². The first-order valence-electron chi connectivity index (χ1n) is 11.3. The molecule has 3 heterocycles. The van der Waals surface area contributed by atoms with E-state index in [1.54, 1.807) is 0 Å². The van der Waals surface area contributed by atoms with Crippen LogP contribution in [0.1, 0.15) is 62.6 Å². The highest BCUT2D eigenvalue weighted by molar-refractivity contribution is 5.86. The number of aromatic nitrogens is 3. The number of nitrogens with zero attached hydrogens (tertiary/aromatic N) is 4. The zero-order valence-electron chi connectivity index (χ0n) is 18.7. The van der Waals surface area contributed by atoms with Gasteiger partial charge in [-0.15, -0.1) is 0 Å². The van der Waals surface area contributed by atoms with E-state index in [-0.39, 0.29) is 6.54 Å². The highest BCUT2D eigenvalue weighted by atomic mass is 16.1. The quantitative estimate of drug-likeness (QED) is 0.710. The summed E-state index contributed by atoms with van der Waals surface area (Å²) in [6.07, 6.45) is 12.0. The Hall–Kier alpha value is -2.72. The van der Waals surface area contributed by atoms with Crippen LogP contribution in [0.15, 0.2) is 19.0 Å². The zero-order chi connectivity index (χ0) is 22.2. The minimum atomic E-state index is 0.251. The van der Waals surface area contributed by atoms with Crippen LogP contribution in [-0.2, 0) is 4.79 Å². The van der Waals surface area contributed by atoms with Crippen LogP contribution in [0.3, 0.4) is 0 Å². The summed E-state index contributed by atoms with van der Waals surface area (Å²) in [6, 6.07) is 2.30. The number of H-pyrrole nitrogens is 1. The first kappa shape index (κ1) is 23.0. The standard InChI is InChI=1S/C13H14N4O.C7H12N2.C4H8/c1-8(14-4-5-18)10-6-15-13-12(10)17-11(7-16-13)9-2-3-9;1-9-4-2-7(6-8)3-5-9;1-4-2-3-4/h5-7,9,14H,1-4H2,(H,15,16);7H,2-5H2,1H3;4H,2-3H2,1H3. The maximum atomic E-state index is 10.4. The van der Waals surface area contributed by atoms with Crippen molar-refractivity contribution in [2.75, 3.05) is 26.7 Å². The number of likely N-dealkylation sites (tertiary alicyclic amines) is 1. The van der Waals surface area contributed by atoms with Crippen molar-refractivity contribution >= 4 is 23.1 Å². The predicted octanol–water partition coefficient (Wildman–Crippen LogP) is 3.86.